The average molecular weight is 343 g/mol. The third kappa shape index (κ3) is 3.47. The summed E-state index contributed by atoms with van der Waals surface area (Å²) in [5.41, 5.74) is 1.18. The van der Waals surface area contributed by atoms with Gasteiger partial charge in [-0.3, -0.25) is 0 Å². The molecule has 0 aromatic heterocycles. The van der Waals surface area contributed by atoms with Crippen LogP contribution in [0.5, 0.6) is 11.5 Å². The van der Waals surface area contributed by atoms with Gasteiger partial charge in [0, 0.05) is 6.61 Å². The summed E-state index contributed by atoms with van der Waals surface area (Å²) in [5.74, 6) is 2.18. The normalized spacial score (nSPS) is 23.6. The van der Waals surface area contributed by atoms with Crippen LogP contribution in [0.15, 0.2) is 18.2 Å². The van der Waals surface area contributed by atoms with E-state index in [1.54, 1.807) is 0 Å². The van der Waals surface area contributed by atoms with Crippen LogP contribution in [-0.2, 0) is 4.74 Å². The number of ether oxygens (including phenoxy) is 3. The maximum atomic E-state index is 5.84. The molecule has 1 aromatic carbocycles. The van der Waals surface area contributed by atoms with E-state index in [1.807, 2.05) is 19.9 Å². The third-order valence-electron chi connectivity index (χ3n) is 3.62. The molecule has 1 aromatic rings. The van der Waals surface area contributed by atoms with Crippen molar-refractivity contribution in [3.05, 3.63) is 23.8 Å². The lowest BCUT2D eigenvalue weighted by molar-refractivity contribution is 0.0934. The third-order valence-corrected chi connectivity index (χ3v) is 4.67. The molecule has 0 saturated carbocycles. The van der Waals surface area contributed by atoms with Gasteiger partial charge >= 0.3 is 0 Å². The monoisotopic (exact) mass is 342 g/mol. The molecule has 1 aliphatic rings. The lowest BCUT2D eigenvalue weighted by Gasteiger charge is -2.22. The van der Waals surface area contributed by atoms with Crippen LogP contribution in [0.3, 0.4) is 0 Å². The molecule has 1 heterocycles. The van der Waals surface area contributed by atoms with Crippen molar-refractivity contribution >= 4 is 15.9 Å². The summed E-state index contributed by atoms with van der Waals surface area (Å²) in [5, 5.41) is 0. The van der Waals surface area contributed by atoms with Gasteiger partial charge in [-0.25, -0.2) is 0 Å². The van der Waals surface area contributed by atoms with Gasteiger partial charge in [0.2, 0.25) is 0 Å². The molecule has 2 rings (SSSR count). The maximum Gasteiger partial charge on any atom is 0.161 e. The minimum atomic E-state index is 0.190. The Kier molecular flexibility index (Phi) is 5.73. The van der Waals surface area contributed by atoms with Crippen molar-refractivity contribution in [2.24, 2.45) is 5.92 Å². The smallest absolute Gasteiger partial charge is 0.161 e. The van der Waals surface area contributed by atoms with Crippen LogP contribution in [0.2, 0.25) is 0 Å². The molecule has 3 atom stereocenters. The van der Waals surface area contributed by atoms with E-state index in [4.69, 9.17) is 14.2 Å². The van der Waals surface area contributed by atoms with Crippen molar-refractivity contribution in [3.8, 4) is 11.5 Å². The highest BCUT2D eigenvalue weighted by atomic mass is 79.9. The fourth-order valence-electron chi connectivity index (χ4n) is 2.52. The number of hydrogen-bond donors (Lipinski definition) is 0. The Morgan fingerprint density at radius 1 is 1.25 bits per heavy atom. The summed E-state index contributed by atoms with van der Waals surface area (Å²) in [6, 6.07) is 6.13. The van der Waals surface area contributed by atoms with E-state index in [9.17, 15) is 0 Å². The molecule has 1 aliphatic heterocycles. The van der Waals surface area contributed by atoms with Gasteiger partial charge in [-0.1, -0.05) is 28.9 Å². The molecule has 0 N–H and O–H groups in total. The van der Waals surface area contributed by atoms with Crippen LogP contribution in [0.25, 0.3) is 0 Å². The molecule has 3 unspecified atom stereocenters. The van der Waals surface area contributed by atoms with Crippen LogP contribution in [0, 0.1) is 5.92 Å². The first-order valence-electron chi connectivity index (χ1n) is 7.32. The first kappa shape index (κ1) is 15.6. The molecule has 1 saturated heterocycles. The lowest BCUT2D eigenvalue weighted by Crippen LogP contribution is -2.19. The Morgan fingerprint density at radius 2 is 1.95 bits per heavy atom. The molecule has 0 spiro atoms. The highest BCUT2D eigenvalue weighted by Crippen LogP contribution is 2.40. The highest BCUT2D eigenvalue weighted by Gasteiger charge is 2.31. The summed E-state index contributed by atoms with van der Waals surface area (Å²) in [4.78, 5) is 0.190. The summed E-state index contributed by atoms with van der Waals surface area (Å²) >= 11 is 3.78. The van der Waals surface area contributed by atoms with Gasteiger partial charge in [0.25, 0.3) is 0 Å². The zero-order valence-electron chi connectivity index (χ0n) is 12.4. The second kappa shape index (κ2) is 7.32. The average Bonchev–Trinajstić information content (AvgIpc) is 2.86. The number of halogens is 1. The molecular formula is C16H23BrO3. The second-order valence-electron chi connectivity index (χ2n) is 5.08. The molecular weight excluding hydrogens is 320 g/mol. The van der Waals surface area contributed by atoms with Crippen LogP contribution in [0.1, 0.15) is 37.6 Å². The standard InChI is InChI=1S/C16H23BrO3/c1-4-18-13-7-6-12(10-14(13)19-5-2)15(17)16-11(3)8-9-20-16/h6-7,10-11,15-16H,4-5,8-9H2,1-3H3. The fourth-order valence-corrected chi connectivity index (χ4v) is 3.48. The van der Waals surface area contributed by atoms with E-state index in [0.29, 0.717) is 19.1 Å². The Balaban J connectivity index is 2.20. The minimum Gasteiger partial charge on any atom is -0.490 e. The minimum absolute atomic E-state index is 0.190. The molecule has 112 valence electrons. The predicted molar refractivity (Wildman–Crippen MR) is 84.0 cm³/mol. The summed E-state index contributed by atoms with van der Waals surface area (Å²) in [7, 11) is 0. The summed E-state index contributed by atoms with van der Waals surface area (Å²) in [6.45, 7) is 8.32. The van der Waals surface area contributed by atoms with Gasteiger partial charge < -0.3 is 14.2 Å². The topological polar surface area (TPSA) is 27.7 Å². The number of hydrogen-bond acceptors (Lipinski definition) is 3. The molecule has 20 heavy (non-hydrogen) atoms. The predicted octanol–water partition coefficient (Wildman–Crippen LogP) is 4.35. The molecule has 0 radical (unpaired) electrons. The summed E-state index contributed by atoms with van der Waals surface area (Å²) in [6.07, 6.45) is 1.35. The highest BCUT2D eigenvalue weighted by molar-refractivity contribution is 9.09. The maximum absolute atomic E-state index is 5.84. The van der Waals surface area contributed by atoms with Gasteiger partial charge in [-0.05, 0) is 43.9 Å². The number of alkyl halides is 1. The van der Waals surface area contributed by atoms with Crippen molar-refractivity contribution < 1.29 is 14.2 Å². The number of rotatable bonds is 6. The Hall–Kier alpha value is -0.740. The molecule has 3 nitrogen and oxygen atoms in total. The molecule has 1 fully saturated rings. The van der Waals surface area contributed by atoms with E-state index in [2.05, 4.69) is 35.0 Å². The summed E-state index contributed by atoms with van der Waals surface area (Å²) < 4.78 is 17.1. The van der Waals surface area contributed by atoms with Gasteiger partial charge in [0.15, 0.2) is 11.5 Å². The lowest BCUT2D eigenvalue weighted by atomic mass is 9.97. The van der Waals surface area contributed by atoms with E-state index in [1.165, 1.54) is 5.56 Å². The molecule has 4 heteroatoms. The van der Waals surface area contributed by atoms with Crippen LogP contribution >= 0.6 is 15.9 Å². The zero-order chi connectivity index (χ0) is 14.5. The van der Waals surface area contributed by atoms with E-state index in [0.717, 1.165) is 24.5 Å². The van der Waals surface area contributed by atoms with Gasteiger partial charge in [0.1, 0.15) is 0 Å². The molecule has 0 amide bonds. The zero-order valence-corrected chi connectivity index (χ0v) is 14.0. The number of benzene rings is 1. The first-order valence-corrected chi connectivity index (χ1v) is 8.24. The first-order chi connectivity index (χ1) is 9.67. The van der Waals surface area contributed by atoms with Gasteiger partial charge in [-0.2, -0.15) is 0 Å². The van der Waals surface area contributed by atoms with E-state index in [-0.39, 0.29) is 10.9 Å². The van der Waals surface area contributed by atoms with Crippen molar-refractivity contribution in [1.29, 1.82) is 0 Å². The van der Waals surface area contributed by atoms with Crippen molar-refractivity contribution in [3.63, 3.8) is 0 Å². The van der Waals surface area contributed by atoms with Gasteiger partial charge in [0.05, 0.1) is 24.1 Å². The Morgan fingerprint density at radius 3 is 2.55 bits per heavy atom. The Bertz CT molecular complexity index is 436. The second-order valence-corrected chi connectivity index (χ2v) is 6.06. The largest absolute Gasteiger partial charge is 0.490 e. The Labute approximate surface area is 129 Å². The van der Waals surface area contributed by atoms with Crippen LogP contribution < -0.4 is 9.47 Å². The SMILES string of the molecule is CCOc1ccc(C(Br)C2OCCC2C)cc1OCC. The molecule has 0 bridgehead atoms. The van der Waals surface area contributed by atoms with Gasteiger partial charge in [-0.15, -0.1) is 0 Å². The van der Waals surface area contributed by atoms with Crippen molar-refractivity contribution in [1.82, 2.24) is 0 Å². The quantitative estimate of drug-likeness (QED) is 0.719. The van der Waals surface area contributed by atoms with E-state index < -0.39 is 0 Å². The fraction of sp³-hybridized carbons (Fsp3) is 0.625. The van der Waals surface area contributed by atoms with Crippen molar-refractivity contribution in [2.45, 2.75) is 38.1 Å². The van der Waals surface area contributed by atoms with Crippen LogP contribution in [-0.4, -0.2) is 25.9 Å². The van der Waals surface area contributed by atoms with Crippen LogP contribution in [0.4, 0.5) is 0 Å². The van der Waals surface area contributed by atoms with Crippen molar-refractivity contribution in [2.75, 3.05) is 19.8 Å². The molecule has 0 aliphatic carbocycles. The van der Waals surface area contributed by atoms with E-state index >= 15 is 0 Å².